The first kappa shape index (κ1) is 14.8. The summed E-state index contributed by atoms with van der Waals surface area (Å²) in [6.45, 7) is 2.90. The molecule has 0 radical (unpaired) electrons. The Morgan fingerprint density at radius 3 is 2.74 bits per heavy atom. The van der Waals surface area contributed by atoms with Gasteiger partial charge in [-0.15, -0.1) is 0 Å². The van der Waals surface area contributed by atoms with Gasteiger partial charge in [-0.3, -0.25) is 0 Å². The van der Waals surface area contributed by atoms with Crippen LogP contribution in [-0.2, 0) is 10.0 Å². The zero-order chi connectivity index (χ0) is 14.0. The zero-order valence-corrected chi connectivity index (χ0v) is 12.5. The molecular weight excluding hydrogens is 284 g/mol. The molecule has 0 spiro atoms. The van der Waals surface area contributed by atoms with Crippen molar-refractivity contribution in [2.24, 2.45) is 11.7 Å². The van der Waals surface area contributed by atoms with Gasteiger partial charge in [-0.05, 0) is 30.9 Å². The van der Waals surface area contributed by atoms with Gasteiger partial charge in [0.2, 0.25) is 10.0 Å². The molecule has 106 valence electrons. The van der Waals surface area contributed by atoms with E-state index in [0.29, 0.717) is 13.1 Å². The minimum Gasteiger partial charge on any atom is -0.329 e. The van der Waals surface area contributed by atoms with Crippen LogP contribution in [0.3, 0.4) is 0 Å². The molecule has 0 aromatic heterocycles. The minimum atomic E-state index is -3.57. The van der Waals surface area contributed by atoms with E-state index in [1.54, 1.807) is 24.3 Å². The van der Waals surface area contributed by atoms with Crippen molar-refractivity contribution in [2.45, 2.75) is 30.7 Å². The van der Waals surface area contributed by atoms with Crippen molar-refractivity contribution in [1.82, 2.24) is 4.31 Å². The van der Waals surface area contributed by atoms with Crippen molar-refractivity contribution < 1.29 is 8.42 Å². The van der Waals surface area contributed by atoms with E-state index in [0.717, 1.165) is 12.8 Å². The van der Waals surface area contributed by atoms with Gasteiger partial charge >= 0.3 is 0 Å². The Kier molecular flexibility index (Phi) is 4.50. The van der Waals surface area contributed by atoms with E-state index in [1.165, 1.54) is 4.31 Å². The van der Waals surface area contributed by atoms with Gasteiger partial charge in [0.25, 0.3) is 0 Å². The molecule has 0 amide bonds. The van der Waals surface area contributed by atoms with Gasteiger partial charge in [0.05, 0.1) is 5.02 Å². The normalized spacial score (nSPS) is 25.4. The molecule has 0 saturated carbocycles. The number of hydrogen-bond donors (Lipinski definition) is 1. The summed E-state index contributed by atoms with van der Waals surface area (Å²) in [6, 6.07) is 6.41. The summed E-state index contributed by atoms with van der Waals surface area (Å²) in [7, 11) is -3.57. The molecule has 2 N–H and O–H groups in total. The van der Waals surface area contributed by atoms with Crippen LogP contribution in [0.15, 0.2) is 29.2 Å². The van der Waals surface area contributed by atoms with E-state index >= 15 is 0 Å². The lowest BCUT2D eigenvalue weighted by Gasteiger charge is -2.38. The lowest BCUT2D eigenvalue weighted by Crippen LogP contribution is -2.51. The molecule has 0 unspecified atom stereocenters. The van der Waals surface area contributed by atoms with Crippen LogP contribution in [0.2, 0.25) is 5.02 Å². The maximum Gasteiger partial charge on any atom is 0.244 e. The maximum absolute atomic E-state index is 12.7. The Morgan fingerprint density at radius 2 is 2.11 bits per heavy atom. The van der Waals surface area contributed by atoms with Crippen molar-refractivity contribution in [1.29, 1.82) is 0 Å². The Hall–Kier alpha value is -0.620. The molecule has 6 heteroatoms. The highest BCUT2D eigenvalue weighted by molar-refractivity contribution is 7.89. The largest absolute Gasteiger partial charge is 0.329 e. The number of rotatable bonds is 3. The Morgan fingerprint density at radius 1 is 1.42 bits per heavy atom. The molecule has 4 nitrogen and oxygen atoms in total. The third-order valence-corrected chi connectivity index (χ3v) is 6.15. The summed E-state index contributed by atoms with van der Waals surface area (Å²) in [5.41, 5.74) is 5.76. The van der Waals surface area contributed by atoms with E-state index < -0.39 is 10.0 Å². The van der Waals surface area contributed by atoms with Gasteiger partial charge in [-0.2, -0.15) is 4.31 Å². The summed E-state index contributed by atoms with van der Waals surface area (Å²) in [5, 5.41) is 0.261. The van der Waals surface area contributed by atoms with Gasteiger partial charge < -0.3 is 5.73 Å². The second-order valence-electron chi connectivity index (χ2n) is 4.97. The fourth-order valence-electron chi connectivity index (χ4n) is 2.64. The van der Waals surface area contributed by atoms with Crippen molar-refractivity contribution in [3.63, 3.8) is 0 Å². The van der Waals surface area contributed by atoms with Gasteiger partial charge in [-0.25, -0.2) is 8.42 Å². The fraction of sp³-hybridized carbons (Fsp3) is 0.538. The highest BCUT2D eigenvalue weighted by atomic mass is 35.5. The van der Waals surface area contributed by atoms with Crippen molar-refractivity contribution in [3.05, 3.63) is 29.3 Å². The number of nitrogens with zero attached hydrogens (tertiary/aromatic N) is 1. The predicted molar refractivity (Wildman–Crippen MR) is 76.6 cm³/mol. The molecule has 1 fully saturated rings. The van der Waals surface area contributed by atoms with Crippen LogP contribution in [-0.4, -0.2) is 31.9 Å². The van der Waals surface area contributed by atoms with E-state index in [4.69, 9.17) is 17.3 Å². The number of halogens is 1. The van der Waals surface area contributed by atoms with Crippen molar-refractivity contribution >= 4 is 21.6 Å². The summed E-state index contributed by atoms with van der Waals surface area (Å²) in [4.78, 5) is 0.171. The molecule has 1 heterocycles. The lowest BCUT2D eigenvalue weighted by atomic mass is 9.93. The number of piperidine rings is 1. The highest BCUT2D eigenvalue weighted by Crippen LogP contribution is 2.31. The van der Waals surface area contributed by atoms with Crippen LogP contribution >= 0.6 is 11.6 Å². The average molecular weight is 303 g/mol. The Bertz CT molecular complexity index is 547. The molecule has 1 aliphatic heterocycles. The third kappa shape index (κ3) is 2.79. The number of nitrogens with two attached hydrogens (primary N) is 1. The summed E-state index contributed by atoms with van der Waals surface area (Å²) < 4.78 is 26.9. The summed E-state index contributed by atoms with van der Waals surface area (Å²) in [6.07, 6.45) is 1.87. The molecule has 2 rings (SSSR count). The Balaban J connectivity index is 2.41. The van der Waals surface area contributed by atoms with Gasteiger partial charge in [0.15, 0.2) is 0 Å². The SMILES string of the molecule is C[C@H]1CCCN(S(=O)(=O)c2ccccc2Cl)[C@@H]1CN. The molecule has 2 atom stereocenters. The number of benzene rings is 1. The van der Waals surface area contributed by atoms with Gasteiger partial charge in [-0.1, -0.05) is 30.7 Å². The fourth-order valence-corrected chi connectivity index (χ4v) is 4.91. The molecule has 1 aliphatic rings. The molecular formula is C13H19ClN2O2S. The maximum atomic E-state index is 12.7. The molecule has 0 aliphatic carbocycles. The smallest absolute Gasteiger partial charge is 0.244 e. The van der Waals surface area contributed by atoms with E-state index in [-0.39, 0.29) is 21.9 Å². The second-order valence-corrected chi connectivity index (χ2v) is 7.23. The first-order valence-electron chi connectivity index (χ1n) is 6.45. The molecule has 19 heavy (non-hydrogen) atoms. The van der Waals surface area contributed by atoms with Crippen LogP contribution in [0.1, 0.15) is 19.8 Å². The monoisotopic (exact) mass is 302 g/mol. The highest BCUT2D eigenvalue weighted by Gasteiger charge is 2.37. The quantitative estimate of drug-likeness (QED) is 0.930. The van der Waals surface area contributed by atoms with Gasteiger partial charge in [0.1, 0.15) is 4.90 Å². The van der Waals surface area contributed by atoms with Crippen molar-refractivity contribution in [2.75, 3.05) is 13.1 Å². The zero-order valence-electron chi connectivity index (χ0n) is 10.9. The standard InChI is InChI=1S/C13H19ClN2O2S/c1-10-5-4-8-16(12(10)9-15)19(17,18)13-7-3-2-6-11(13)14/h2-3,6-7,10,12H,4-5,8-9,15H2,1H3/t10-,12+/m0/s1. The van der Waals surface area contributed by atoms with Crippen LogP contribution in [0.25, 0.3) is 0 Å². The predicted octanol–water partition coefficient (Wildman–Crippen LogP) is 2.09. The lowest BCUT2D eigenvalue weighted by molar-refractivity contribution is 0.192. The van der Waals surface area contributed by atoms with Crippen LogP contribution in [0, 0.1) is 5.92 Å². The van der Waals surface area contributed by atoms with E-state index in [1.807, 2.05) is 6.92 Å². The van der Waals surface area contributed by atoms with Gasteiger partial charge in [0, 0.05) is 19.1 Å². The average Bonchev–Trinajstić information content (AvgIpc) is 2.38. The van der Waals surface area contributed by atoms with E-state index in [9.17, 15) is 8.42 Å². The first-order valence-corrected chi connectivity index (χ1v) is 8.26. The topological polar surface area (TPSA) is 63.4 Å². The van der Waals surface area contributed by atoms with Crippen molar-refractivity contribution in [3.8, 4) is 0 Å². The molecule has 1 saturated heterocycles. The number of hydrogen-bond acceptors (Lipinski definition) is 3. The van der Waals surface area contributed by atoms with E-state index in [2.05, 4.69) is 0 Å². The minimum absolute atomic E-state index is 0.143. The summed E-state index contributed by atoms with van der Waals surface area (Å²) >= 11 is 6.02. The van der Waals surface area contributed by atoms with Crippen LogP contribution < -0.4 is 5.73 Å². The van der Waals surface area contributed by atoms with Crippen LogP contribution in [0.4, 0.5) is 0 Å². The summed E-state index contributed by atoms with van der Waals surface area (Å²) in [5.74, 6) is 0.274. The number of sulfonamides is 1. The second kappa shape index (κ2) is 5.79. The molecule has 1 aromatic carbocycles. The molecule has 1 aromatic rings. The van der Waals surface area contributed by atoms with Crippen LogP contribution in [0.5, 0.6) is 0 Å². The Labute approximate surface area is 119 Å². The first-order chi connectivity index (χ1) is 8.98. The third-order valence-electron chi connectivity index (χ3n) is 3.73. The molecule has 0 bridgehead atoms.